The van der Waals surface area contributed by atoms with E-state index >= 15 is 0 Å². The van der Waals surface area contributed by atoms with E-state index in [2.05, 4.69) is 6.92 Å². The van der Waals surface area contributed by atoms with E-state index in [1.165, 1.54) is 0 Å². The van der Waals surface area contributed by atoms with Gasteiger partial charge in [0.05, 0.1) is 5.41 Å². The molecule has 1 aromatic heterocycles. The predicted octanol–water partition coefficient (Wildman–Crippen LogP) is 2.22. The van der Waals surface area contributed by atoms with Crippen molar-refractivity contribution in [1.29, 1.82) is 0 Å². The first kappa shape index (κ1) is 14.6. The number of aromatic nitrogens is 1. The number of carbonyl (C=O) groups excluding carboxylic acids is 1. The maximum Gasteiger partial charge on any atom is 0.309 e. The second-order valence-electron chi connectivity index (χ2n) is 5.74. The van der Waals surface area contributed by atoms with Gasteiger partial charge in [-0.25, -0.2) is 0 Å². The van der Waals surface area contributed by atoms with E-state index in [-0.39, 0.29) is 5.91 Å². The van der Waals surface area contributed by atoms with Crippen molar-refractivity contribution in [2.75, 3.05) is 13.1 Å². The largest absolute Gasteiger partial charge is 0.481 e. The van der Waals surface area contributed by atoms with Gasteiger partial charge < -0.3 is 14.6 Å². The van der Waals surface area contributed by atoms with Crippen LogP contribution in [0.15, 0.2) is 18.3 Å². The van der Waals surface area contributed by atoms with Crippen LogP contribution in [0, 0.1) is 5.41 Å². The Hall–Kier alpha value is -1.78. The van der Waals surface area contributed by atoms with Gasteiger partial charge in [-0.05, 0) is 38.3 Å². The molecule has 0 aliphatic carbocycles. The average Bonchev–Trinajstić information content (AvgIpc) is 2.87. The molecule has 0 atom stereocenters. The molecule has 0 saturated carbocycles. The van der Waals surface area contributed by atoms with Gasteiger partial charge >= 0.3 is 5.97 Å². The lowest BCUT2D eigenvalue weighted by atomic mass is 9.80. The van der Waals surface area contributed by atoms with E-state index in [9.17, 15) is 14.7 Å². The summed E-state index contributed by atoms with van der Waals surface area (Å²) in [5, 5.41) is 9.21. The Morgan fingerprint density at radius 1 is 1.35 bits per heavy atom. The highest BCUT2D eigenvalue weighted by Gasteiger charge is 2.38. The zero-order valence-corrected chi connectivity index (χ0v) is 12.1. The van der Waals surface area contributed by atoms with Gasteiger partial charge in [-0.2, -0.15) is 0 Å². The van der Waals surface area contributed by atoms with Gasteiger partial charge in [0.25, 0.3) is 5.91 Å². The summed E-state index contributed by atoms with van der Waals surface area (Å²) in [6.45, 7) is 5.69. The van der Waals surface area contributed by atoms with Gasteiger partial charge in [-0.3, -0.25) is 9.59 Å². The molecule has 0 radical (unpaired) electrons. The van der Waals surface area contributed by atoms with E-state index in [0.29, 0.717) is 31.6 Å². The van der Waals surface area contributed by atoms with Crippen molar-refractivity contribution in [2.24, 2.45) is 5.41 Å². The Labute approximate surface area is 119 Å². The van der Waals surface area contributed by atoms with Gasteiger partial charge in [0.1, 0.15) is 5.69 Å². The number of aliphatic carboxylic acids is 1. The summed E-state index contributed by atoms with van der Waals surface area (Å²) in [7, 11) is 0. The van der Waals surface area contributed by atoms with Crippen LogP contribution in [0.25, 0.3) is 0 Å². The molecule has 5 nitrogen and oxygen atoms in total. The molecule has 2 heterocycles. The lowest BCUT2D eigenvalue weighted by molar-refractivity contribution is -0.150. The van der Waals surface area contributed by atoms with Crippen LogP contribution in [-0.4, -0.2) is 39.5 Å². The van der Waals surface area contributed by atoms with Gasteiger partial charge in [-0.15, -0.1) is 0 Å². The Balaban J connectivity index is 2.05. The topological polar surface area (TPSA) is 62.5 Å². The zero-order chi connectivity index (χ0) is 14.8. The SMILES string of the molecule is CCCn1cccc1C(=O)N1CCC(C)(C(=O)O)CC1. The molecule has 0 spiro atoms. The monoisotopic (exact) mass is 278 g/mol. The van der Waals surface area contributed by atoms with Gasteiger partial charge in [0.15, 0.2) is 0 Å². The number of aryl methyl sites for hydroxylation is 1. The lowest BCUT2D eigenvalue weighted by Crippen LogP contribution is -2.45. The van der Waals surface area contributed by atoms with Crippen LogP contribution in [0.3, 0.4) is 0 Å². The van der Waals surface area contributed by atoms with Crippen molar-refractivity contribution >= 4 is 11.9 Å². The first-order valence-electron chi connectivity index (χ1n) is 7.16. The Bertz CT molecular complexity index is 499. The molecule has 1 N–H and O–H groups in total. The van der Waals surface area contributed by atoms with Crippen molar-refractivity contribution in [3.63, 3.8) is 0 Å². The molecule has 0 bridgehead atoms. The van der Waals surface area contributed by atoms with Crippen molar-refractivity contribution < 1.29 is 14.7 Å². The van der Waals surface area contributed by atoms with Crippen LogP contribution >= 0.6 is 0 Å². The zero-order valence-electron chi connectivity index (χ0n) is 12.1. The fourth-order valence-corrected chi connectivity index (χ4v) is 2.62. The van der Waals surface area contributed by atoms with E-state index in [4.69, 9.17) is 0 Å². The van der Waals surface area contributed by atoms with E-state index in [1.807, 2.05) is 22.9 Å². The average molecular weight is 278 g/mol. The summed E-state index contributed by atoms with van der Waals surface area (Å²) < 4.78 is 1.97. The molecule has 110 valence electrons. The first-order valence-corrected chi connectivity index (χ1v) is 7.16. The van der Waals surface area contributed by atoms with Crippen LogP contribution in [0.4, 0.5) is 0 Å². The Morgan fingerprint density at radius 3 is 2.55 bits per heavy atom. The minimum atomic E-state index is -0.765. The minimum absolute atomic E-state index is 0.0101. The third-order valence-electron chi connectivity index (χ3n) is 4.18. The standard InChI is InChI=1S/C15H22N2O3/c1-3-8-16-9-4-5-12(16)13(18)17-10-6-15(2,7-11-17)14(19)20/h4-5,9H,3,6-8,10-11H2,1-2H3,(H,19,20). The number of hydrogen-bond donors (Lipinski definition) is 1. The number of nitrogens with zero attached hydrogens (tertiary/aromatic N) is 2. The minimum Gasteiger partial charge on any atom is -0.481 e. The molecule has 1 aliphatic rings. The first-order chi connectivity index (χ1) is 9.48. The van der Waals surface area contributed by atoms with Crippen molar-refractivity contribution in [3.8, 4) is 0 Å². The molecule has 1 aliphatic heterocycles. The number of carboxylic acids is 1. The smallest absolute Gasteiger partial charge is 0.309 e. The molecule has 5 heteroatoms. The van der Waals surface area contributed by atoms with Gasteiger partial charge in [-0.1, -0.05) is 6.92 Å². The van der Waals surface area contributed by atoms with Gasteiger partial charge in [0, 0.05) is 25.8 Å². The van der Waals surface area contributed by atoms with E-state index in [1.54, 1.807) is 11.8 Å². The summed E-state index contributed by atoms with van der Waals surface area (Å²) in [6, 6.07) is 3.72. The summed E-state index contributed by atoms with van der Waals surface area (Å²) in [4.78, 5) is 25.5. The number of amides is 1. The maximum atomic E-state index is 12.5. The van der Waals surface area contributed by atoms with Crippen LogP contribution < -0.4 is 0 Å². The molecular weight excluding hydrogens is 256 g/mol. The fraction of sp³-hybridized carbons (Fsp3) is 0.600. The molecule has 0 aromatic carbocycles. The summed E-state index contributed by atoms with van der Waals surface area (Å²) in [5.74, 6) is -0.755. The highest BCUT2D eigenvalue weighted by Crippen LogP contribution is 2.31. The second-order valence-corrected chi connectivity index (χ2v) is 5.74. The van der Waals surface area contributed by atoms with Gasteiger partial charge in [0.2, 0.25) is 0 Å². The van der Waals surface area contributed by atoms with E-state index < -0.39 is 11.4 Å². The van der Waals surface area contributed by atoms with Crippen LogP contribution in [0.1, 0.15) is 43.6 Å². The number of carbonyl (C=O) groups is 2. The molecule has 1 saturated heterocycles. The van der Waals surface area contributed by atoms with Crippen LogP contribution in [0.5, 0.6) is 0 Å². The predicted molar refractivity (Wildman–Crippen MR) is 75.6 cm³/mol. The Morgan fingerprint density at radius 2 is 2.00 bits per heavy atom. The number of piperidine rings is 1. The summed E-state index contributed by atoms with van der Waals surface area (Å²) in [5.41, 5.74) is 0.00753. The third-order valence-corrected chi connectivity index (χ3v) is 4.18. The quantitative estimate of drug-likeness (QED) is 0.918. The summed E-state index contributed by atoms with van der Waals surface area (Å²) >= 11 is 0. The number of hydrogen-bond acceptors (Lipinski definition) is 2. The molecule has 2 rings (SSSR count). The molecular formula is C15H22N2O3. The molecule has 1 fully saturated rings. The molecule has 0 unspecified atom stereocenters. The van der Waals surface area contributed by atoms with Crippen molar-refractivity contribution in [1.82, 2.24) is 9.47 Å². The summed E-state index contributed by atoms with van der Waals surface area (Å²) in [6.07, 6.45) is 3.93. The number of carboxylic acid groups (broad SMARTS) is 1. The van der Waals surface area contributed by atoms with Crippen LogP contribution in [0.2, 0.25) is 0 Å². The highest BCUT2D eigenvalue weighted by atomic mass is 16.4. The van der Waals surface area contributed by atoms with Crippen LogP contribution in [-0.2, 0) is 11.3 Å². The lowest BCUT2D eigenvalue weighted by Gasteiger charge is -2.36. The van der Waals surface area contributed by atoms with Crippen molar-refractivity contribution in [3.05, 3.63) is 24.0 Å². The maximum absolute atomic E-state index is 12.5. The van der Waals surface area contributed by atoms with Crippen molar-refractivity contribution in [2.45, 2.75) is 39.7 Å². The Kier molecular flexibility index (Phi) is 4.16. The molecule has 1 amide bonds. The second kappa shape index (κ2) is 5.69. The number of likely N-dealkylation sites (tertiary alicyclic amines) is 1. The number of rotatable bonds is 4. The third kappa shape index (κ3) is 2.71. The molecule has 1 aromatic rings. The molecule has 20 heavy (non-hydrogen) atoms. The highest BCUT2D eigenvalue weighted by molar-refractivity contribution is 5.93. The fourth-order valence-electron chi connectivity index (χ4n) is 2.62. The normalized spacial score (nSPS) is 18.0. The van der Waals surface area contributed by atoms with E-state index in [0.717, 1.165) is 13.0 Å².